The first-order chi connectivity index (χ1) is 27.8. The highest BCUT2D eigenvalue weighted by Crippen LogP contribution is 2.50. The van der Waals surface area contributed by atoms with Gasteiger partial charge < -0.3 is 9.32 Å². The Labute approximate surface area is 324 Å². The topological polar surface area (TPSA) is 55.1 Å². The van der Waals surface area contributed by atoms with E-state index < -0.39 is 0 Å². The molecule has 11 rings (SSSR count). The number of benzene rings is 7. The van der Waals surface area contributed by atoms with Crippen molar-refractivity contribution in [2.45, 2.75) is 12.0 Å². The van der Waals surface area contributed by atoms with E-state index >= 15 is 0 Å². The predicted octanol–water partition coefficient (Wildman–Crippen LogP) is 12.8. The number of hydrogen-bond donors (Lipinski definition) is 0. The summed E-state index contributed by atoms with van der Waals surface area (Å²) < 4.78 is 6.77. The first-order valence-corrected chi connectivity index (χ1v) is 19.0. The van der Waals surface area contributed by atoms with Gasteiger partial charge in [0.1, 0.15) is 11.2 Å². The normalized spacial score (nSPS) is 15.7. The molecule has 2 unspecified atom stereocenters. The zero-order valence-corrected chi connectivity index (χ0v) is 30.3. The average molecular weight is 719 g/mol. The molecule has 7 aromatic carbocycles. The Bertz CT molecular complexity index is 2910. The van der Waals surface area contributed by atoms with E-state index in [0.717, 1.165) is 60.9 Å². The van der Waals surface area contributed by atoms with Gasteiger partial charge in [0.05, 0.1) is 6.04 Å². The van der Waals surface area contributed by atoms with Gasteiger partial charge in [0.2, 0.25) is 0 Å². The third kappa shape index (κ3) is 5.36. The van der Waals surface area contributed by atoms with Gasteiger partial charge in [-0.2, -0.15) is 0 Å². The molecule has 56 heavy (non-hydrogen) atoms. The quantitative estimate of drug-likeness (QED) is 0.171. The van der Waals surface area contributed by atoms with E-state index in [9.17, 15) is 0 Å². The van der Waals surface area contributed by atoms with Crippen LogP contribution in [0, 0.1) is 0 Å². The largest absolute Gasteiger partial charge is 0.455 e. The summed E-state index contributed by atoms with van der Waals surface area (Å²) in [6.07, 6.45) is 8.99. The molecule has 0 bridgehead atoms. The molecule has 2 atom stereocenters. The van der Waals surface area contributed by atoms with Crippen molar-refractivity contribution in [3.8, 4) is 56.4 Å². The molecule has 1 aliphatic carbocycles. The Kier molecular flexibility index (Phi) is 7.56. The van der Waals surface area contributed by atoms with Crippen molar-refractivity contribution < 1.29 is 4.42 Å². The lowest BCUT2D eigenvalue weighted by Gasteiger charge is -2.28. The van der Waals surface area contributed by atoms with Crippen molar-refractivity contribution in [3.63, 3.8) is 0 Å². The summed E-state index contributed by atoms with van der Waals surface area (Å²) in [6, 6.07) is 59.4. The monoisotopic (exact) mass is 718 g/mol. The number of anilines is 2. The molecule has 3 heterocycles. The van der Waals surface area contributed by atoms with E-state index in [4.69, 9.17) is 19.4 Å². The van der Waals surface area contributed by atoms with Crippen LogP contribution in [-0.4, -0.2) is 21.0 Å². The maximum atomic E-state index is 6.77. The molecule has 264 valence electrons. The Hall–Kier alpha value is -7.37. The minimum Gasteiger partial charge on any atom is -0.455 e. The highest BCUT2D eigenvalue weighted by molar-refractivity contribution is 6.13. The molecule has 0 saturated heterocycles. The second-order valence-corrected chi connectivity index (χ2v) is 14.3. The maximum absolute atomic E-state index is 6.77. The number of furan rings is 1. The summed E-state index contributed by atoms with van der Waals surface area (Å²) in [7, 11) is 0. The van der Waals surface area contributed by atoms with Crippen LogP contribution in [0.15, 0.2) is 199 Å². The van der Waals surface area contributed by atoms with Crippen molar-refractivity contribution in [2.24, 2.45) is 0 Å². The van der Waals surface area contributed by atoms with E-state index in [2.05, 4.69) is 132 Å². The van der Waals surface area contributed by atoms with Crippen molar-refractivity contribution in [1.29, 1.82) is 0 Å². The lowest BCUT2D eigenvalue weighted by molar-refractivity contribution is 0.670. The van der Waals surface area contributed by atoms with Gasteiger partial charge in [-0.1, -0.05) is 164 Å². The predicted molar refractivity (Wildman–Crippen MR) is 228 cm³/mol. The van der Waals surface area contributed by atoms with Crippen molar-refractivity contribution >= 4 is 33.3 Å². The molecule has 5 heteroatoms. The second-order valence-electron chi connectivity index (χ2n) is 14.3. The van der Waals surface area contributed by atoms with Crippen LogP contribution in [0.5, 0.6) is 0 Å². The van der Waals surface area contributed by atoms with Gasteiger partial charge in [-0.3, -0.25) is 0 Å². The Morgan fingerprint density at radius 1 is 0.464 bits per heavy atom. The summed E-state index contributed by atoms with van der Waals surface area (Å²) in [5, 5.41) is 2.21. The van der Waals surface area contributed by atoms with Gasteiger partial charge in [0.25, 0.3) is 0 Å². The van der Waals surface area contributed by atoms with Crippen molar-refractivity contribution in [3.05, 3.63) is 200 Å². The van der Waals surface area contributed by atoms with Gasteiger partial charge in [-0.25, -0.2) is 15.0 Å². The van der Waals surface area contributed by atoms with Crippen LogP contribution in [0.2, 0.25) is 0 Å². The van der Waals surface area contributed by atoms with E-state index in [1.54, 1.807) is 0 Å². The first-order valence-electron chi connectivity index (χ1n) is 19.0. The van der Waals surface area contributed by atoms with Gasteiger partial charge in [0.15, 0.2) is 17.5 Å². The van der Waals surface area contributed by atoms with E-state index in [0.29, 0.717) is 17.5 Å². The second kappa shape index (κ2) is 13.2. The highest BCUT2D eigenvalue weighted by atomic mass is 16.3. The lowest BCUT2D eigenvalue weighted by Crippen LogP contribution is -2.28. The molecule has 0 saturated carbocycles. The third-order valence-corrected chi connectivity index (χ3v) is 11.1. The zero-order chi connectivity index (χ0) is 37.0. The van der Waals surface area contributed by atoms with Crippen LogP contribution in [0.1, 0.15) is 11.5 Å². The summed E-state index contributed by atoms with van der Waals surface area (Å²) in [6.45, 7) is 0. The van der Waals surface area contributed by atoms with Crippen LogP contribution in [0.25, 0.3) is 78.4 Å². The molecule has 0 spiro atoms. The summed E-state index contributed by atoms with van der Waals surface area (Å²) in [4.78, 5) is 17.3. The first kappa shape index (κ1) is 32.1. The van der Waals surface area contributed by atoms with Crippen molar-refractivity contribution in [2.75, 3.05) is 4.90 Å². The lowest BCUT2D eigenvalue weighted by atomic mass is 9.88. The molecule has 0 fully saturated rings. The Morgan fingerprint density at radius 3 is 1.73 bits per heavy atom. The number of fused-ring (bicyclic) bond motifs is 6. The van der Waals surface area contributed by atoms with Crippen LogP contribution < -0.4 is 4.90 Å². The molecule has 1 aliphatic heterocycles. The van der Waals surface area contributed by atoms with Crippen LogP contribution >= 0.6 is 0 Å². The van der Waals surface area contributed by atoms with Gasteiger partial charge >= 0.3 is 0 Å². The number of allylic oxidation sites excluding steroid dienone is 2. The van der Waals surface area contributed by atoms with Crippen molar-refractivity contribution in [1.82, 2.24) is 15.0 Å². The third-order valence-electron chi connectivity index (χ3n) is 11.1. The average Bonchev–Trinajstić information content (AvgIpc) is 3.82. The van der Waals surface area contributed by atoms with Crippen LogP contribution in [0.4, 0.5) is 11.4 Å². The molecule has 0 amide bonds. The molecular formula is C51H34N4O. The van der Waals surface area contributed by atoms with Crippen LogP contribution in [-0.2, 0) is 0 Å². The maximum Gasteiger partial charge on any atom is 0.164 e. The number of para-hydroxylation sites is 2. The van der Waals surface area contributed by atoms with Crippen LogP contribution in [0.3, 0.4) is 0 Å². The fraction of sp³-hybridized carbons (Fsp3) is 0.0392. The number of nitrogens with zero attached hydrogens (tertiary/aromatic N) is 4. The standard InChI is InChI=1S/C51H34N4O/c1-4-14-34(15-5-1)49-52-50(35-16-6-2-7-17-35)54-51(53-49)36-26-24-33(25-27-36)39-30-31-43-42-21-11-13-23-46(42)56-48(43)47(39)37-28-29-41-40-20-10-12-22-44(40)55(45(41)32-37)38-18-8-3-9-19-38/h1-32,40,44H. The SMILES string of the molecule is C1=CC2c3ccc(-c4c(-c5ccc(-c6nc(-c7ccccc7)nc(-c7ccccc7)n6)cc5)ccc5c4oc4ccccc45)cc3N(c3ccccc3)C2C=C1. The van der Waals surface area contributed by atoms with Gasteiger partial charge in [0, 0.05) is 50.3 Å². The number of rotatable bonds is 6. The summed E-state index contributed by atoms with van der Waals surface area (Å²) in [5.74, 6) is 2.19. The Morgan fingerprint density at radius 2 is 1.04 bits per heavy atom. The minimum absolute atomic E-state index is 0.210. The molecule has 0 radical (unpaired) electrons. The van der Waals surface area contributed by atoms with Gasteiger partial charge in [-0.15, -0.1) is 0 Å². The molecule has 2 aliphatic rings. The van der Waals surface area contributed by atoms with E-state index in [-0.39, 0.29) is 12.0 Å². The molecule has 2 aromatic heterocycles. The summed E-state index contributed by atoms with van der Waals surface area (Å²) in [5.41, 5.74) is 12.6. The highest BCUT2D eigenvalue weighted by Gasteiger charge is 2.37. The number of aromatic nitrogens is 3. The Balaban J connectivity index is 1.07. The molecular weight excluding hydrogens is 685 g/mol. The zero-order valence-electron chi connectivity index (χ0n) is 30.3. The fourth-order valence-electron chi connectivity index (χ4n) is 8.43. The van der Waals surface area contributed by atoms with E-state index in [1.165, 1.54) is 16.9 Å². The molecule has 5 nitrogen and oxygen atoms in total. The van der Waals surface area contributed by atoms with E-state index in [1.807, 2.05) is 66.7 Å². The fourth-order valence-corrected chi connectivity index (χ4v) is 8.43. The van der Waals surface area contributed by atoms with Gasteiger partial charge in [-0.05, 0) is 52.6 Å². The molecule has 9 aromatic rings. The summed E-state index contributed by atoms with van der Waals surface area (Å²) >= 11 is 0. The smallest absolute Gasteiger partial charge is 0.164 e. The number of hydrogen-bond acceptors (Lipinski definition) is 5. The molecule has 0 N–H and O–H groups in total. The minimum atomic E-state index is 0.210.